The summed E-state index contributed by atoms with van der Waals surface area (Å²) in [5, 5.41) is 3.03. The third kappa shape index (κ3) is 3.46. The zero-order chi connectivity index (χ0) is 17.1. The molecule has 0 aromatic heterocycles. The molecule has 1 atom stereocenters. The summed E-state index contributed by atoms with van der Waals surface area (Å²) < 4.78 is 11.0. The number of morpholine rings is 1. The minimum Gasteiger partial charge on any atom is -0.493 e. The van der Waals surface area contributed by atoms with E-state index in [0.717, 1.165) is 37.7 Å². The number of anilines is 1. The van der Waals surface area contributed by atoms with Gasteiger partial charge in [-0.25, -0.2) is 0 Å². The zero-order valence-corrected chi connectivity index (χ0v) is 14.1. The van der Waals surface area contributed by atoms with Gasteiger partial charge in [0.25, 0.3) is 5.91 Å². The van der Waals surface area contributed by atoms with Crippen LogP contribution in [0.2, 0.25) is 0 Å². The zero-order valence-electron chi connectivity index (χ0n) is 14.1. The van der Waals surface area contributed by atoms with Crippen LogP contribution in [0.15, 0.2) is 48.5 Å². The van der Waals surface area contributed by atoms with E-state index >= 15 is 0 Å². The number of benzene rings is 2. The molecule has 1 fully saturated rings. The molecule has 0 spiro atoms. The normalized spacial score (nSPS) is 19.2. The van der Waals surface area contributed by atoms with Crippen molar-refractivity contribution in [3.05, 3.63) is 59.7 Å². The highest BCUT2D eigenvalue weighted by Crippen LogP contribution is 2.32. The molecule has 2 heterocycles. The standard InChI is InChI=1S/C20H22N2O3/c23-20(21-13-16-14-25-19-4-2-1-3-18(16)19)15-5-7-17(8-6-15)22-9-11-24-12-10-22/h1-8,16H,9-14H2,(H,21,23)/t16-/m1/s1. The van der Waals surface area contributed by atoms with Crippen molar-refractivity contribution in [2.24, 2.45) is 0 Å². The van der Waals surface area contributed by atoms with E-state index in [4.69, 9.17) is 9.47 Å². The minimum atomic E-state index is -0.0436. The number of nitrogens with one attached hydrogen (secondary N) is 1. The largest absolute Gasteiger partial charge is 0.493 e. The number of ether oxygens (including phenoxy) is 2. The molecule has 130 valence electrons. The molecule has 0 aliphatic carbocycles. The molecule has 2 aliphatic heterocycles. The summed E-state index contributed by atoms with van der Waals surface area (Å²) in [5.74, 6) is 1.10. The predicted molar refractivity (Wildman–Crippen MR) is 96.5 cm³/mol. The molecule has 0 saturated carbocycles. The molecule has 0 radical (unpaired) electrons. The van der Waals surface area contributed by atoms with Gasteiger partial charge in [-0.15, -0.1) is 0 Å². The topological polar surface area (TPSA) is 50.8 Å². The lowest BCUT2D eigenvalue weighted by molar-refractivity contribution is 0.0950. The fraction of sp³-hybridized carbons (Fsp3) is 0.350. The number of hydrogen-bond donors (Lipinski definition) is 1. The van der Waals surface area contributed by atoms with E-state index < -0.39 is 0 Å². The van der Waals surface area contributed by atoms with Crippen molar-refractivity contribution in [1.82, 2.24) is 5.32 Å². The Balaban J connectivity index is 1.35. The number of carbonyl (C=O) groups is 1. The maximum absolute atomic E-state index is 12.4. The Hall–Kier alpha value is -2.53. The van der Waals surface area contributed by atoms with Crippen LogP contribution in [-0.2, 0) is 4.74 Å². The van der Waals surface area contributed by atoms with Gasteiger partial charge in [0.15, 0.2) is 0 Å². The van der Waals surface area contributed by atoms with E-state index in [-0.39, 0.29) is 11.8 Å². The first-order valence-electron chi connectivity index (χ1n) is 8.74. The second-order valence-corrected chi connectivity index (χ2v) is 6.40. The first-order chi connectivity index (χ1) is 12.3. The smallest absolute Gasteiger partial charge is 0.251 e. The van der Waals surface area contributed by atoms with Crippen LogP contribution in [0.25, 0.3) is 0 Å². The van der Waals surface area contributed by atoms with E-state index in [1.807, 2.05) is 42.5 Å². The van der Waals surface area contributed by atoms with Gasteiger partial charge in [-0.1, -0.05) is 18.2 Å². The van der Waals surface area contributed by atoms with Crippen LogP contribution in [0, 0.1) is 0 Å². The van der Waals surface area contributed by atoms with Crippen molar-refractivity contribution in [1.29, 1.82) is 0 Å². The van der Waals surface area contributed by atoms with Gasteiger partial charge in [0.05, 0.1) is 19.8 Å². The van der Waals surface area contributed by atoms with Crippen LogP contribution >= 0.6 is 0 Å². The van der Waals surface area contributed by atoms with Gasteiger partial charge in [0.2, 0.25) is 0 Å². The maximum Gasteiger partial charge on any atom is 0.251 e. The molecule has 2 aromatic rings. The monoisotopic (exact) mass is 338 g/mol. The SMILES string of the molecule is O=C(NC[C@@H]1COc2ccccc21)c1ccc(N2CCOCC2)cc1. The summed E-state index contributed by atoms with van der Waals surface area (Å²) in [5.41, 5.74) is 2.99. The fourth-order valence-corrected chi connectivity index (χ4v) is 3.36. The molecular weight excluding hydrogens is 316 g/mol. The fourth-order valence-electron chi connectivity index (χ4n) is 3.36. The summed E-state index contributed by atoms with van der Waals surface area (Å²) in [6.07, 6.45) is 0. The molecule has 2 aromatic carbocycles. The van der Waals surface area contributed by atoms with E-state index in [0.29, 0.717) is 18.7 Å². The quantitative estimate of drug-likeness (QED) is 0.930. The predicted octanol–water partition coefficient (Wildman–Crippen LogP) is 2.43. The van der Waals surface area contributed by atoms with Crippen LogP contribution in [0.3, 0.4) is 0 Å². The van der Waals surface area contributed by atoms with Gasteiger partial charge in [0, 0.05) is 42.4 Å². The molecule has 5 nitrogen and oxygen atoms in total. The molecular formula is C20H22N2O3. The summed E-state index contributed by atoms with van der Waals surface area (Å²) in [6, 6.07) is 15.8. The molecule has 1 amide bonds. The van der Waals surface area contributed by atoms with Crippen LogP contribution < -0.4 is 15.0 Å². The highest BCUT2D eigenvalue weighted by atomic mass is 16.5. The van der Waals surface area contributed by atoms with Gasteiger partial charge in [-0.05, 0) is 30.3 Å². The van der Waals surface area contributed by atoms with Crippen molar-refractivity contribution in [2.45, 2.75) is 5.92 Å². The Morgan fingerprint density at radius 2 is 1.84 bits per heavy atom. The van der Waals surface area contributed by atoms with Crippen LogP contribution in [0.4, 0.5) is 5.69 Å². The van der Waals surface area contributed by atoms with Gasteiger partial charge >= 0.3 is 0 Å². The van der Waals surface area contributed by atoms with Crippen molar-refractivity contribution in [2.75, 3.05) is 44.4 Å². The molecule has 5 heteroatoms. The Bertz CT molecular complexity index is 739. The number of para-hydroxylation sites is 1. The van der Waals surface area contributed by atoms with Crippen LogP contribution in [0.1, 0.15) is 21.8 Å². The first kappa shape index (κ1) is 16.0. The average molecular weight is 338 g/mol. The summed E-state index contributed by atoms with van der Waals surface area (Å²) in [7, 11) is 0. The Labute approximate surface area is 147 Å². The lowest BCUT2D eigenvalue weighted by Gasteiger charge is -2.28. The van der Waals surface area contributed by atoms with Crippen molar-refractivity contribution in [3.8, 4) is 5.75 Å². The first-order valence-corrected chi connectivity index (χ1v) is 8.74. The van der Waals surface area contributed by atoms with Gasteiger partial charge < -0.3 is 19.7 Å². The number of rotatable bonds is 4. The summed E-state index contributed by atoms with van der Waals surface area (Å²) in [4.78, 5) is 14.7. The molecule has 1 N–H and O–H groups in total. The number of carbonyl (C=O) groups excluding carboxylic acids is 1. The van der Waals surface area contributed by atoms with E-state index in [1.165, 1.54) is 5.56 Å². The van der Waals surface area contributed by atoms with E-state index in [9.17, 15) is 4.79 Å². The van der Waals surface area contributed by atoms with Crippen LogP contribution in [0.5, 0.6) is 5.75 Å². The van der Waals surface area contributed by atoms with Gasteiger partial charge in [-0.2, -0.15) is 0 Å². The second kappa shape index (κ2) is 7.15. The molecule has 4 rings (SSSR count). The maximum atomic E-state index is 12.4. The molecule has 1 saturated heterocycles. The number of fused-ring (bicyclic) bond motifs is 1. The molecule has 0 unspecified atom stereocenters. The number of amides is 1. The summed E-state index contributed by atoms with van der Waals surface area (Å²) >= 11 is 0. The van der Waals surface area contributed by atoms with Gasteiger partial charge in [0.1, 0.15) is 5.75 Å². The highest BCUT2D eigenvalue weighted by molar-refractivity contribution is 5.94. The average Bonchev–Trinajstić information content (AvgIpc) is 3.10. The third-order valence-electron chi connectivity index (χ3n) is 4.81. The molecule has 2 aliphatic rings. The van der Waals surface area contributed by atoms with Crippen molar-refractivity contribution in [3.63, 3.8) is 0 Å². The lowest BCUT2D eigenvalue weighted by Crippen LogP contribution is -2.36. The van der Waals surface area contributed by atoms with Crippen molar-refractivity contribution >= 4 is 11.6 Å². The van der Waals surface area contributed by atoms with Crippen molar-refractivity contribution < 1.29 is 14.3 Å². The third-order valence-corrected chi connectivity index (χ3v) is 4.81. The number of nitrogens with zero attached hydrogens (tertiary/aromatic N) is 1. The summed E-state index contributed by atoms with van der Waals surface area (Å²) in [6.45, 7) is 4.51. The lowest BCUT2D eigenvalue weighted by atomic mass is 10.0. The second-order valence-electron chi connectivity index (χ2n) is 6.40. The Morgan fingerprint density at radius 3 is 2.64 bits per heavy atom. The Kier molecular flexibility index (Phi) is 4.57. The number of hydrogen-bond acceptors (Lipinski definition) is 4. The Morgan fingerprint density at radius 1 is 1.08 bits per heavy atom. The van der Waals surface area contributed by atoms with Gasteiger partial charge in [-0.3, -0.25) is 4.79 Å². The van der Waals surface area contributed by atoms with Crippen LogP contribution in [-0.4, -0.2) is 45.4 Å². The van der Waals surface area contributed by atoms with E-state index in [2.05, 4.69) is 16.3 Å². The van der Waals surface area contributed by atoms with E-state index in [1.54, 1.807) is 0 Å². The molecule has 0 bridgehead atoms. The molecule has 25 heavy (non-hydrogen) atoms. The highest BCUT2D eigenvalue weighted by Gasteiger charge is 2.24. The minimum absolute atomic E-state index is 0.0436.